The smallest absolute Gasteiger partial charge is 0.159 e. The fourth-order valence-electron chi connectivity index (χ4n) is 2.83. The van der Waals surface area contributed by atoms with E-state index in [1.165, 1.54) is 32.1 Å². The van der Waals surface area contributed by atoms with Crippen LogP contribution in [0.15, 0.2) is 0 Å². The average molecular weight is 257 g/mol. The summed E-state index contributed by atoms with van der Waals surface area (Å²) in [4.78, 5) is 0. The maximum Gasteiger partial charge on any atom is 0.159 e. The van der Waals surface area contributed by atoms with Gasteiger partial charge >= 0.3 is 0 Å². The van der Waals surface area contributed by atoms with E-state index in [1.54, 1.807) is 0 Å². The molecular weight excluding hydrogens is 230 g/mol. The number of ether oxygens (including phenoxy) is 3. The van der Waals surface area contributed by atoms with Crippen molar-refractivity contribution in [3.05, 3.63) is 0 Å². The van der Waals surface area contributed by atoms with E-state index < -0.39 is 0 Å². The molecule has 0 aromatic carbocycles. The van der Waals surface area contributed by atoms with Crippen molar-refractivity contribution >= 4 is 0 Å². The van der Waals surface area contributed by atoms with Crippen LogP contribution in [0.3, 0.4) is 0 Å². The van der Waals surface area contributed by atoms with Gasteiger partial charge in [-0.05, 0) is 38.6 Å². The van der Waals surface area contributed by atoms with E-state index in [0.717, 1.165) is 32.8 Å². The molecule has 2 aliphatic heterocycles. The summed E-state index contributed by atoms with van der Waals surface area (Å²) < 4.78 is 16.7. The van der Waals surface area contributed by atoms with Crippen LogP contribution in [-0.4, -0.2) is 44.8 Å². The molecule has 1 N–H and O–H groups in total. The van der Waals surface area contributed by atoms with Gasteiger partial charge in [-0.3, -0.25) is 0 Å². The summed E-state index contributed by atoms with van der Waals surface area (Å²) in [5.41, 5.74) is 0. The molecule has 0 aromatic rings. The maximum absolute atomic E-state index is 5.66. The first-order chi connectivity index (χ1) is 8.88. The lowest BCUT2D eigenvalue weighted by molar-refractivity contribution is -0.0533. The normalized spacial score (nSPS) is 26.8. The van der Waals surface area contributed by atoms with Crippen LogP contribution in [0.1, 0.15) is 45.4 Å². The zero-order valence-corrected chi connectivity index (χ0v) is 11.5. The Kier molecular flexibility index (Phi) is 6.41. The molecule has 2 saturated heterocycles. The molecule has 2 heterocycles. The van der Waals surface area contributed by atoms with Gasteiger partial charge in [0.2, 0.25) is 0 Å². The largest absolute Gasteiger partial charge is 0.378 e. The molecule has 4 nitrogen and oxygen atoms in total. The molecule has 18 heavy (non-hydrogen) atoms. The predicted molar refractivity (Wildman–Crippen MR) is 70.6 cm³/mol. The van der Waals surface area contributed by atoms with Gasteiger partial charge in [0, 0.05) is 19.1 Å². The molecule has 2 atom stereocenters. The van der Waals surface area contributed by atoms with Crippen molar-refractivity contribution in [3.8, 4) is 0 Å². The second kappa shape index (κ2) is 8.10. The number of hydrogen-bond donors (Lipinski definition) is 1. The zero-order valence-electron chi connectivity index (χ0n) is 11.5. The van der Waals surface area contributed by atoms with E-state index in [-0.39, 0.29) is 6.29 Å². The van der Waals surface area contributed by atoms with Crippen LogP contribution in [0.5, 0.6) is 0 Å². The molecule has 106 valence electrons. The highest BCUT2D eigenvalue weighted by Crippen LogP contribution is 2.20. The van der Waals surface area contributed by atoms with Gasteiger partial charge in [-0.25, -0.2) is 0 Å². The Bertz CT molecular complexity index is 213. The third kappa shape index (κ3) is 4.84. The predicted octanol–water partition coefficient (Wildman–Crippen LogP) is 2.08. The lowest BCUT2D eigenvalue weighted by Crippen LogP contribution is -2.33. The maximum atomic E-state index is 5.66. The van der Waals surface area contributed by atoms with Crippen LogP contribution in [-0.2, 0) is 14.2 Å². The Morgan fingerprint density at radius 2 is 2.00 bits per heavy atom. The van der Waals surface area contributed by atoms with Gasteiger partial charge in [-0.15, -0.1) is 0 Å². The number of hydrogen-bond acceptors (Lipinski definition) is 4. The molecule has 2 rings (SSSR count). The van der Waals surface area contributed by atoms with Gasteiger partial charge in [0.1, 0.15) is 0 Å². The van der Waals surface area contributed by atoms with E-state index in [1.807, 2.05) is 0 Å². The van der Waals surface area contributed by atoms with Gasteiger partial charge in [0.25, 0.3) is 0 Å². The lowest BCUT2D eigenvalue weighted by Gasteiger charge is -2.21. The molecule has 2 unspecified atom stereocenters. The summed E-state index contributed by atoms with van der Waals surface area (Å²) in [7, 11) is 0. The van der Waals surface area contributed by atoms with Gasteiger partial charge in [-0.1, -0.05) is 6.92 Å². The third-order valence-electron chi connectivity index (χ3n) is 3.76. The summed E-state index contributed by atoms with van der Waals surface area (Å²) >= 11 is 0. The minimum Gasteiger partial charge on any atom is -0.378 e. The summed E-state index contributed by atoms with van der Waals surface area (Å²) in [6.45, 7) is 5.63. The first-order valence-electron chi connectivity index (χ1n) is 7.46. The molecule has 2 fully saturated rings. The summed E-state index contributed by atoms with van der Waals surface area (Å²) in [6.07, 6.45) is 7.62. The van der Waals surface area contributed by atoms with Gasteiger partial charge in [-0.2, -0.15) is 0 Å². The first kappa shape index (κ1) is 14.3. The monoisotopic (exact) mass is 257 g/mol. The minimum atomic E-state index is 0.0109. The lowest BCUT2D eigenvalue weighted by atomic mass is 10.0. The molecule has 0 spiro atoms. The highest BCUT2D eigenvalue weighted by molar-refractivity contribution is 4.72. The second-order valence-electron chi connectivity index (χ2n) is 5.23. The molecule has 2 aliphatic rings. The van der Waals surface area contributed by atoms with E-state index in [0.29, 0.717) is 12.1 Å². The SMILES string of the molecule is CCNC(CCCC1CCCO1)CC1OCCO1. The quantitative estimate of drug-likeness (QED) is 0.722. The highest BCUT2D eigenvalue weighted by atomic mass is 16.7. The minimum absolute atomic E-state index is 0.0109. The Labute approximate surface area is 110 Å². The molecule has 0 radical (unpaired) electrons. The average Bonchev–Trinajstić information content (AvgIpc) is 3.02. The van der Waals surface area contributed by atoms with Gasteiger partial charge in [0.15, 0.2) is 6.29 Å². The van der Waals surface area contributed by atoms with Crippen LogP contribution < -0.4 is 5.32 Å². The fourth-order valence-corrected chi connectivity index (χ4v) is 2.83. The van der Waals surface area contributed by atoms with Crippen LogP contribution in [0.25, 0.3) is 0 Å². The van der Waals surface area contributed by atoms with Crippen molar-refractivity contribution in [1.82, 2.24) is 5.32 Å². The topological polar surface area (TPSA) is 39.7 Å². The Hall–Kier alpha value is -0.160. The molecule has 4 heteroatoms. The Morgan fingerprint density at radius 1 is 1.17 bits per heavy atom. The molecule has 0 bridgehead atoms. The van der Waals surface area contributed by atoms with Crippen LogP contribution in [0, 0.1) is 0 Å². The van der Waals surface area contributed by atoms with E-state index >= 15 is 0 Å². The zero-order chi connectivity index (χ0) is 12.6. The molecule has 0 amide bonds. The van der Waals surface area contributed by atoms with Crippen LogP contribution in [0.2, 0.25) is 0 Å². The van der Waals surface area contributed by atoms with Gasteiger partial charge < -0.3 is 19.5 Å². The molecule has 0 aromatic heterocycles. The van der Waals surface area contributed by atoms with Crippen molar-refractivity contribution in [2.75, 3.05) is 26.4 Å². The summed E-state index contributed by atoms with van der Waals surface area (Å²) in [5.74, 6) is 0. The molecule has 0 aliphatic carbocycles. The van der Waals surface area contributed by atoms with E-state index in [4.69, 9.17) is 14.2 Å². The van der Waals surface area contributed by atoms with Crippen molar-refractivity contribution in [2.45, 2.75) is 63.9 Å². The van der Waals surface area contributed by atoms with E-state index in [9.17, 15) is 0 Å². The van der Waals surface area contributed by atoms with Crippen molar-refractivity contribution in [2.24, 2.45) is 0 Å². The van der Waals surface area contributed by atoms with Gasteiger partial charge in [0.05, 0.1) is 19.3 Å². The molecule has 0 saturated carbocycles. The fraction of sp³-hybridized carbons (Fsp3) is 1.00. The summed E-state index contributed by atoms with van der Waals surface area (Å²) in [6, 6.07) is 0.513. The van der Waals surface area contributed by atoms with Crippen molar-refractivity contribution in [1.29, 1.82) is 0 Å². The standard InChI is InChI=1S/C14H27NO3/c1-2-15-12(11-14-17-9-10-18-14)5-3-6-13-7-4-8-16-13/h12-15H,2-11H2,1H3. The van der Waals surface area contributed by atoms with Crippen molar-refractivity contribution < 1.29 is 14.2 Å². The van der Waals surface area contributed by atoms with E-state index in [2.05, 4.69) is 12.2 Å². The summed E-state index contributed by atoms with van der Waals surface area (Å²) in [5, 5.41) is 3.53. The second-order valence-corrected chi connectivity index (χ2v) is 5.23. The molecular formula is C14H27NO3. The Balaban J connectivity index is 1.61. The Morgan fingerprint density at radius 3 is 2.67 bits per heavy atom. The number of nitrogens with one attached hydrogen (secondary N) is 1. The highest BCUT2D eigenvalue weighted by Gasteiger charge is 2.21. The van der Waals surface area contributed by atoms with Crippen molar-refractivity contribution in [3.63, 3.8) is 0 Å². The first-order valence-corrected chi connectivity index (χ1v) is 7.46. The van der Waals surface area contributed by atoms with Crippen LogP contribution >= 0.6 is 0 Å². The number of rotatable bonds is 8. The van der Waals surface area contributed by atoms with Crippen LogP contribution in [0.4, 0.5) is 0 Å². The third-order valence-corrected chi connectivity index (χ3v) is 3.76.